The Hall–Kier alpha value is -2.65. The highest BCUT2D eigenvalue weighted by molar-refractivity contribution is 5.94. The highest BCUT2D eigenvalue weighted by Gasteiger charge is 2.36. The van der Waals surface area contributed by atoms with E-state index >= 15 is 0 Å². The highest BCUT2D eigenvalue weighted by Crippen LogP contribution is 2.25. The molecular weight excluding hydrogens is 306 g/mol. The van der Waals surface area contributed by atoms with E-state index in [0.717, 1.165) is 11.5 Å². The maximum absolute atomic E-state index is 12.7. The summed E-state index contributed by atoms with van der Waals surface area (Å²) in [6.45, 7) is 3.01. The van der Waals surface area contributed by atoms with Crippen molar-refractivity contribution in [2.24, 2.45) is 5.92 Å². The molecule has 2 atom stereocenters. The van der Waals surface area contributed by atoms with E-state index in [-0.39, 0.29) is 17.9 Å². The number of methoxy groups -OCH3 is 1. The SMILES string of the molecule is CO[C@H]1CN(C(=O)c2cccc(C#N)c2)C[C@H]1Cc1cc(C)no1. The molecule has 124 valence electrons. The van der Waals surface area contributed by atoms with Crippen molar-refractivity contribution in [3.05, 3.63) is 52.9 Å². The summed E-state index contributed by atoms with van der Waals surface area (Å²) in [5, 5.41) is 12.9. The van der Waals surface area contributed by atoms with Gasteiger partial charge in [-0.3, -0.25) is 4.79 Å². The first-order valence-corrected chi connectivity index (χ1v) is 7.85. The predicted octanol–water partition coefficient (Wildman–Crippen LogP) is 2.18. The van der Waals surface area contributed by atoms with Crippen molar-refractivity contribution in [2.45, 2.75) is 19.4 Å². The molecule has 0 saturated carbocycles. The Balaban J connectivity index is 1.73. The van der Waals surface area contributed by atoms with Gasteiger partial charge in [0.05, 0.1) is 23.4 Å². The zero-order valence-electron chi connectivity index (χ0n) is 13.7. The molecule has 1 amide bonds. The third kappa shape index (κ3) is 3.31. The largest absolute Gasteiger partial charge is 0.379 e. The second-order valence-electron chi connectivity index (χ2n) is 6.08. The van der Waals surface area contributed by atoms with Crippen LogP contribution in [0.5, 0.6) is 0 Å². The quantitative estimate of drug-likeness (QED) is 0.861. The highest BCUT2D eigenvalue weighted by atomic mass is 16.5. The lowest BCUT2D eigenvalue weighted by atomic mass is 10.0. The molecule has 6 heteroatoms. The average molecular weight is 325 g/mol. The summed E-state index contributed by atoms with van der Waals surface area (Å²) in [4.78, 5) is 14.5. The number of aromatic nitrogens is 1. The van der Waals surface area contributed by atoms with E-state index in [1.807, 2.05) is 13.0 Å². The van der Waals surface area contributed by atoms with Gasteiger partial charge in [0.1, 0.15) is 5.76 Å². The van der Waals surface area contributed by atoms with Crippen LogP contribution in [0.25, 0.3) is 0 Å². The van der Waals surface area contributed by atoms with Gasteiger partial charge in [-0.1, -0.05) is 11.2 Å². The molecule has 1 saturated heterocycles. The van der Waals surface area contributed by atoms with Crippen LogP contribution in [0.4, 0.5) is 0 Å². The zero-order chi connectivity index (χ0) is 17.1. The Kier molecular flexibility index (Phi) is 4.63. The third-order valence-electron chi connectivity index (χ3n) is 4.35. The van der Waals surface area contributed by atoms with Crippen molar-refractivity contribution in [1.82, 2.24) is 10.1 Å². The number of carbonyl (C=O) groups is 1. The number of carbonyl (C=O) groups excluding carboxylic acids is 1. The number of amides is 1. The molecule has 0 N–H and O–H groups in total. The summed E-state index contributed by atoms with van der Waals surface area (Å²) in [7, 11) is 1.66. The number of nitrogens with zero attached hydrogens (tertiary/aromatic N) is 3. The summed E-state index contributed by atoms with van der Waals surface area (Å²) in [5.74, 6) is 0.885. The third-order valence-corrected chi connectivity index (χ3v) is 4.35. The number of nitriles is 1. The minimum absolute atomic E-state index is 0.0431. The minimum atomic E-state index is -0.0783. The number of likely N-dealkylation sites (tertiary alicyclic amines) is 1. The van der Waals surface area contributed by atoms with Gasteiger partial charge in [0, 0.05) is 44.2 Å². The molecule has 1 aliphatic rings. The minimum Gasteiger partial charge on any atom is -0.379 e. The Labute approximate surface area is 140 Å². The van der Waals surface area contributed by atoms with Gasteiger partial charge < -0.3 is 14.2 Å². The fourth-order valence-electron chi connectivity index (χ4n) is 3.15. The van der Waals surface area contributed by atoms with Crippen LogP contribution in [0.1, 0.15) is 27.4 Å². The first-order chi connectivity index (χ1) is 11.6. The van der Waals surface area contributed by atoms with Crippen LogP contribution < -0.4 is 0 Å². The number of hydrogen-bond acceptors (Lipinski definition) is 5. The van der Waals surface area contributed by atoms with Gasteiger partial charge in [0.25, 0.3) is 5.91 Å². The molecule has 0 spiro atoms. The Morgan fingerprint density at radius 3 is 2.96 bits per heavy atom. The molecule has 0 aliphatic carbocycles. The smallest absolute Gasteiger partial charge is 0.253 e. The van der Waals surface area contributed by atoms with Crippen molar-refractivity contribution in [3.63, 3.8) is 0 Å². The molecule has 0 bridgehead atoms. The van der Waals surface area contributed by atoms with Crippen LogP contribution in [0.2, 0.25) is 0 Å². The maximum atomic E-state index is 12.7. The molecule has 0 radical (unpaired) electrons. The van der Waals surface area contributed by atoms with Crippen molar-refractivity contribution in [1.29, 1.82) is 5.26 Å². The van der Waals surface area contributed by atoms with Crippen molar-refractivity contribution >= 4 is 5.91 Å². The first-order valence-electron chi connectivity index (χ1n) is 7.85. The van der Waals surface area contributed by atoms with Gasteiger partial charge in [-0.2, -0.15) is 5.26 Å². The molecule has 1 fully saturated rings. The van der Waals surface area contributed by atoms with Gasteiger partial charge in [0.15, 0.2) is 0 Å². The van der Waals surface area contributed by atoms with Crippen molar-refractivity contribution in [3.8, 4) is 6.07 Å². The fourth-order valence-corrected chi connectivity index (χ4v) is 3.15. The van der Waals surface area contributed by atoms with Crippen LogP contribution in [0.15, 0.2) is 34.9 Å². The topological polar surface area (TPSA) is 79.4 Å². The van der Waals surface area contributed by atoms with Crippen LogP contribution in [-0.4, -0.2) is 42.3 Å². The van der Waals surface area contributed by atoms with Gasteiger partial charge in [-0.15, -0.1) is 0 Å². The fraction of sp³-hybridized carbons (Fsp3) is 0.389. The van der Waals surface area contributed by atoms with Crippen molar-refractivity contribution in [2.75, 3.05) is 20.2 Å². The summed E-state index contributed by atoms with van der Waals surface area (Å²) >= 11 is 0. The molecule has 1 aromatic carbocycles. The Morgan fingerprint density at radius 2 is 2.29 bits per heavy atom. The summed E-state index contributed by atoms with van der Waals surface area (Å²) in [6.07, 6.45) is 0.639. The number of ether oxygens (including phenoxy) is 1. The molecule has 1 aliphatic heterocycles. The molecule has 2 heterocycles. The van der Waals surface area contributed by atoms with E-state index in [4.69, 9.17) is 14.5 Å². The molecule has 3 rings (SSSR count). The number of aryl methyl sites for hydroxylation is 1. The molecule has 0 unspecified atom stereocenters. The summed E-state index contributed by atoms with van der Waals surface area (Å²) in [6, 6.07) is 10.7. The van der Waals surface area contributed by atoms with Gasteiger partial charge >= 0.3 is 0 Å². The first kappa shape index (κ1) is 16.2. The molecular formula is C18H19N3O3. The lowest BCUT2D eigenvalue weighted by Gasteiger charge is -2.16. The maximum Gasteiger partial charge on any atom is 0.253 e. The van der Waals surface area contributed by atoms with Crippen LogP contribution in [0, 0.1) is 24.2 Å². The van der Waals surface area contributed by atoms with Gasteiger partial charge in [-0.25, -0.2) is 0 Å². The normalized spacial score (nSPS) is 20.1. The predicted molar refractivity (Wildman–Crippen MR) is 86.3 cm³/mol. The monoisotopic (exact) mass is 325 g/mol. The van der Waals surface area contributed by atoms with Gasteiger partial charge in [-0.05, 0) is 25.1 Å². The standard InChI is InChI=1S/C18H19N3O3/c1-12-6-16(24-20-12)8-15-10-21(11-17(15)23-2)18(22)14-5-3-4-13(7-14)9-19/h3-7,15,17H,8,10-11H2,1-2H3/t15-,17+/m1/s1. The molecule has 6 nitrogen and oxygen atoms in total. The molecule has 1 aromatic heterocycles. The van der Waals surface area contributed by atoms with E-state index < -0.39 is 0 Å². The molecule has 24 heavy (non-hydrogen) atoms. The van der Waals surface area contributed by atoms with E-state index in [0.29, 0.717) is 30.6 Å². The van der Waals surface area contributed by atoms with Crippen LogP contribution >= 0.6 is 0 Å². The van der Waals surface area contributed by atoms with E-state index in [9.17, 15) is 4.79 Å². The lowest BCUT2D eigenvalue weighted by molar-refractivity contribution is 0.0672. The van der Waals surface area contributed by atoms with Crippen LogP contribution in [-0.2, 0) is 11.2 Å². The summed E-state index contributed by atoms with van der Waals surface area (Å²) in [5.41, 5.74) is 1.86. The average Bonchev–Trinajstić information content (AvgIpc) is 3.20. The Bertz CT molecular complexity index is 778. The Morgan fingerprint density at radius 1 is 1.46 bits per heavy atom. The van der Waals surface area contributed by atoms with E-state index in [1.54, 1.807) is 36.3 Å². The number of hydrogen-bond donors (Lipinski definition) is 0. The number of benzene rings is 1. The summed E-state index contributed by atoms with van der Waals surface area (Å²) < 4.78 is 10.8. The van der Waals surface area contributed by atoms with Gasteiger partial charge in [0.2, 0.25) is 0 Å². The zero-order valence-corrected chi connectivity index (χ0v) is 13.7. The van der Waals surface area contributed by atoms with Crippen molar-refractivity contribution < 1.29 is 14.1 Å². The van der Waals surface area contributed by atoms with E-state index in [1.165, 1.54) is 0 Å². The second-order valence-corrected chi connectivity index (χ2v) is 6.08. The van der Waals surface area contributed by atoms with E-state index in [2.05, 4.69) is 11.2 Å². The number of rotatable bonds is 4. The molecule has 2 aromatic rings. The second kappa shape index (κ2) is 6.85. The van der Waals surface area contributed by atoms with Crippen LogP contribution in [0.3, 0.4) is 0 Å². The lowest BCUT2D eigenvalue weighted by Crippen LogP contribution is -2.29.